The van der Waals surface area contributed by atoms with E-state index in [1.165, 1.54) is 0 Å². The molecular weight excluding hydrogens is 224 g/mol. The second-order valence-corrected chi connectivity index (χ2v) is 5.48. The summed E-state index contributed by atoms with van der Waals surface area (Å²) in [6.45, 7) is 5.99. The van der Waals surface area contributed by atoms with Gasteiger partial charge in [0.05, 0.1) is 6.10 Å². The molecule has 1 saturated carbocycles. The number of hydrogen-bond acceptors (Lipinski definition) is 2. The average molecular weight is 241 g/mol. The molecule has 16 heavy (non-hydrogen) atoms. The lowest BCUT2D eigenvalue weighted by Gasteiger charge is -2.22. The Hall–Kier alpha value is -0.890. The van der Waals surface area contributed by atoms with Crippen LogP contribution in [0, 0.1) is 0 Å². The third-order valence-corrected chi connectivity index (χ3v) is 2.53. The lowest BCUT2D eigenvalue weighted by molar-refractivity contribution is 0.130. The van der Waals surface area contributed by atoms with Crippen LogP contribution in [0.2, 0.25) is 5.02 Å². The van der Waals surface area contributed by atoms with Crippen LogP contribution in [0.4, 0.5) is 0 Å². The Morgan fingerprint density at radius 3 is 2.38 bits per heavy atom. The molecule has 2 nitrogen and oxygen atoms in total. The van der Waals surface area contributed by atoms with Crippen molar-refractivity contribution < 1.29 is 9.47 Å². The molecule has 1 fully saturated rings. The van der Waals surface area contributed by atoms with Crippen molar-refractivity contribution >= 4 is 11.6 Å². The Kier molecular flexibility index (Phi) is 3.02. The van der Waals surface area contributed by atoms with E-state index in [0.717, 1.165) is 18.6 Å². The zero-order valence-corrected chi connectivity index (χ0v) is 10.7. The summed E-state index contributed by atoms with van der Waals surface area (Å²) >= 11 is 6.24. The molecule has 0 bridgehead atoms. The van der Waals surface area contributed by atoms with E-state index < -0.39 is 0 Å². The summed E-state index contributed by atoms with van der Waals surface area (Å²) < 4.78 is 11.5. The van der Waals surface area contributed by atoms with Crippen LogP contribution in [0.1, 0.15) is 33.6 Å². The quantitative estimate of drug-likeness (QED) is 0.793. The van der Waals surface area contributed by atoms with Crippen LogP contribution in [0.3, 0.4) is 0 Å². The van der Waals surface area contributed by atoms with E-state index in [1.54, 1.807) is 0 Å². The van der Waals surface area contributed by atoms with Gasteiger partial charge in [0.1, 0.15) is 22.1 Å². The molecule has 1 aliphatic carbocycles. The zero-order valence-electron chi connectivity index (χ0n) is 9.92. The smallest absolute Gasteiger partial charge is 0.142 e. The van der Waals surface area contributed by atoms with Gasteiger partial charge >= 0.3 is 0 Å². The van der Waals surface area contributed by atoms with E-state index in [1.807, 2.05) is 39.0 Å². The lowest BCUT2D eigenvalue weighted by Crippen LogP contribution is -2.23. The average Bonchev–Trinajstić information content (AvgIpc) is 2.93. The molecule has 0 amide bonds. The van der Waals surface area contributed by atoms with E-state index in [4.69, 9.17) is 21.1 Å². The third kappa shape index (κ3) is 3.05. The van der Waals surface area contributed by atoms with Crippen molar-refractivity contribution in [2.75, 3.05) is 0 Å². The standard InChI is InChI=1S/C13H17ClO2/c1-13(2,3)16-11-6-4-5-10(12(11)14)15-9-7-8-9/h4-6,9H,7-8H2,1-3H3. The van der Waals surface area contributed by atoms with E-state index >= 15 is 0 Å². The first-order valence-electron chi connectivity index (χ1n) is 5.60. The SMILES string of the molecule is CC(C)(C)Oc1cccc(OC2CC2)c1Cl. The predicted molar refractivity (Wildman–Crippen MR) is 65.5 cm³/mol. The summed E-state index contributed by atoms with van der Waals surface area (Å²) in [6, 6.07) is 5.66. The first kappa shape index (κ1) is 11.6. The lowest BCUT2D eigenvalue weighted by atomic mass is 10.2. The van der Waals surface area contributed by atoms with Crippen LogP contribution in [0.5, 0.6) is 11.5 Å². The predicted octanol–water partition coefficient (Wildman–Crippen LogP) is 4.06. The summed E-state index contributed by atoms with van der Waals surface area (Å²) in [5, 5.41) is 0.573. The fraction of sp³-hybridized carbons (Fsp3) is 0.538. The molecule has 0 unspecified atom stereocenters. The summed E-state index contributed by atoms with van der Waals surface area (Å²) in [6.07, 6.45) is 2.60. The number of rotatable bonds is 3. The monoisotopic (exact) mass is 240 g/mol. The molecule has 0 heterocycles. The zero-order chi connectivity index (χ0) is 11.8. The fourth-order valence-electron chi connectivity index (χ4n) is 1.36. The van der Waals surface area contributed by atoms with Gasteiger partial charge in [0.15, 0.2) is 0 Å². The Morgan fingerprint density at radius 2 is 1.81 bits per heavy atom. The van der Waals surface area contributed by atoms with E-state index in [2.05, 4.69) is 0 Å². The second kappa shape index (κ2) is 4.17. The minimum Gasteiger partial charge on any atom is -0.489 e. The minimum atomic E-state index is -0.248. The van der Waals surface area contributed by atoms with Crippen molar-refractivity contribution in [1.82, 2.24) is 0 Å². The van der Waals surface area contributed by atoms with Gasteiger partial charge in [0, 0.05) is 0 Å². The number of ether oxygens (including phenoxy) is 2. The van der Waals surface area contributed by atoms with Crippen molar-refractivity contribution in [2.24, 2.45) is 0 Å². The summed E-state index contributed by atoms with van der Waals surface area (Å²) in [5.74, 6) is 1.42. The highest BCUT2D eigenvalue weighted by atomic mass is 35.5. The molecule has 1 aliphatic rings. The Balaban J connectivity index is 2.18. The molecule has 1 aromatic rings. The minimum absolute atomic E-state index is 0.248. The van der Waals surface area contributed by atoms with Gasteiger partial charge in [-0.25, -0.2) is 0 Å². The van der Waals surface area contributed by atoms with Crippen molar-refractivity contribution in [1.29, 1.82) is 0 Å². The van der Waals surface area contributed by atoms with Crippen LogP contribution >= 0.6 is 11.6 Å². The Labute approximate surface area is 102 Å². The topological polar surface area (TPSA) is 18.5 Å². The molecule has 1 aromatic carbocycles. The number of halogens is 1. The molecule has 3 heteroatoms. The Morgan fingerprint density at radius 1 is 1.19 bits per heavy atom. The largest absolute Gasteiger partial charge is 0.489 e. The maximum absolute atomic E-state index is 6.24. The van der Waals surface area contributed by atoms with Crippen LogP contribution in [0.25, 0.3) is 0 Å². The molecule has 2 rings (SSSR count). The molecule has 0 saturated heterocycles. The maximum Gasteiger partial charge on any atom is 0.142 e. The van der Waals surface area contributed by atoms with E-state index in [0.29, 0.717) is 16.9 Å². The molecule has 88 valence electrons. The molecule has 0 atom stereocenters. The van der Waals surface area contributed by atoms with Gasteiger partial charge in [0.2, 0.25) is 0 Å². The van der Waals surface area contributed by atoms with Gasteiger partial charge in [-0.15, -0.1) is 0 Å². The van der Waals surface area contributed by atoms with Gasteiger partial charge in [0.25, 0.3) is 0 Å². The summed E-state index contributed by atoms with van der Waals surface area (Å²) in [5.41, 5.74) is -0.248. The van der Waals surface area contributed by atoms with Crippen molar-refractivity contribution in [2.45, 2.75) is 45.3 Å². The molecule has 0 aromatic heterocycles. The third-order valence-electron chi connectivity index (χ3n) is 2.16. The highest BCUT2D eigenvalue weighted by Gasteiger charge is 2.25. The van der Waals surface area contributed by atoms with E-state index in [9.17, 15) is 0 Å². The van der Waals surface area contributed by atoms with Crippen LogP contribution in [-0.2, 0) is 0 Å². The summed E-state index contributed by atoms with van der Waals surface area (Å²) in [7, 11) is 0. The highest BCUT2D eigenvalue weighted by Crippen LogP contribution is 2.38. The van der Waals surface area contributed by atoms with Crippen molar-refractivity contribution in [3.8, 4) is 11.5 Å². The second-order valence-electron chi connectivity index (χ2n) is 5.10. The molecule has 0 aliphatic heterocycles. The van der Waals surface area contributed by atoms with Gasteiger partial charge in [-0.2, -0.15) is 0 Å². The molecule has 0 radical (unpaired) electrons. The fourth-order valence-corrected chi connectivity index (χ4v) is 1.56. The highest BCUT2D eigenvalue weighted by molar-refractivity contribution is 6.33. The van der Waals surface area contributed by atoms with Crippen molar-refractivity contribution in [3.63, 3.8) is 0 Å². The van der Waals surface area contributed by atoms with Gasteiger partial charge < -0.3 is 9.47 Å². The number of hydrogen-bond donors (Lipinski definition) is 0. The van der Waals surface area contributed by atoms with Crippen LogP contribution < -0.4 is 9.47 Å². The molecular formula is C13H17ClO2. The van der Waals surface area contributed by atoms with E-state index in [-0.39, 0.29) is 5.60 Å². The van der Waals surface area contributed by atoms with Gasteiger partial charge in [-0.1, -0.05) is 17.7 Å². The van der Waals surface area contributed by atoms with Crippen LogP contribution in [0.15, 0.2) is 18.2 Å². The summed E-state index contributed by atoms with van der Waals surface area (Å²) in [4.78, 5) is 0. The van der Waals surface area contributed by atoms with Crippen LogP contribution in [-0.4, -0.2) is 11.7 Å². The first-order chi connectivity index (χ1) is 7.46. The molecule has 0 N–H and O–H groups in total. The number of benzene rings is 1. The normalized spacial score (nSPS) is 16.0. The molecule has 0 spiro atoms. The first-order valence-corrected chi connectivity index (χ1v) is 5.98. The van der Waals surface area contributed by atoms with Crippen molar-refractivity contribution in [3.05, 3.63) is 23.2 Å². The maximum atomic E-state index is 6.24. The Bertz CT molecular complexity index is 378. The van der Waals surface area contributed by atoms with Gasteiger partial charge in [-0.3, -0.25) is 0 Å². The van der Waals surface area contributed by atoms with Gasteiger partial charge in [-0.05, 0) is 45.7 Å².